The lowest BCUT2D eigenvalue weighted by Gasteiger charge is -2.10. The van der Waals surface area contributed by atoms with Crippen LogP contribution in [0.3, 0.4) is 0 Å². The Balaban J connectivity index is 1.73. The first-order chi connectivity index (χ1) is 12.1. The molecule has 3 rings (SSSR count). The van der Waals surface area contributed by atoms with E-state index in [9.17, 15) is 4.39 Å². The summed E-state index contributed by atoms with van der Waals surface area (Å²) in [5, 5.41) is 11.2. The Morgan fingerprint density at radius 2 is 2.20 bits per heavy atom. The summed E-state index contributed by atoms with van der Waals surface area (Å²) in [6.07, 6.45) is 1.50. The maximum absolute atomic E-state index is 13.4. The van der Waals surface area contributed by atoms with Crippen molar-refractivity contribution in [2.45, 2.75) is 26.9 Å². The number of fused-ring (bicyclic) bond motifs is 1. The van der Waals surface area contributed by atoms with Crippen LogP contribution in [0.5, 0.6) is 0 Å². The number of aryl methyl sites for hydroxylation is 2. The summed E-state index contributed by atoms with van der Waals surface area (Å²) in [7, 11) is 1.83. The molecule has 1 aromatic carbocycles. The average molecular weight is 344 g/mol. The summed E-state index contributed by atoms with van der Waals surface area (Å²) in [5.74, 6) is 1.91. The minimum absolute atomic E-state index is 0.269. The summed E-state index contributed by atoms with van der Waals surface area (Å²) < 4.78 is 20.9. The third-order valence-corrected chi connectivity index (χ3v) is 3.94. The predicted molar refractivity (Wildman–Crippen MR) is 93.6 cm³/mol. The molecule has 0 aliphatic rings. The van der Waals surface area contributed by atoms with Gasteiger partial charge in [0.15, 0.2) is 5.96 Å². The van der Waals surface area contributed by atoms with Crippen molar-refractivity contribution in [1.82, 2.24) is 25.4 Å². The Morgan fingerprint density at radius 3 is 2.92 bits per heavy atom. The third kappa shape index (κ3) is 3.78. The fraction of sp³-hybridized carbons (Fsp3) is 0.353. The first-order valence-electron chi connectivity index (χ1n) is 8.11. The van der Waals surface area contributed by atoms with Crippen molar-refractivity contribution in [1.29, 1.82) is 0 Å². The fourth-order valence-electron chi connectivity index (χ4n) is 2.53. The SMILES string of the molecule is CCNC(=NCc1ncnn1C)NCc1oc2ccc(F)cc2c1C. The number of halogens is 1. The lowest BCUT2D eigenvalue weighted by molar-refractivity contribution is 0.534. The number of nitrogens with zero attached hydrogens (tertiary/aromatic N) is 4. The summed E-state index contributed by atoms with van der Waals surface area (Å²) in [6, 6.07) is 4.54. The number of nitrogens with one attached hydrogen (secondary N) is 2. The normalized spacial score (nSPS) is 11.9. The van der Waals surface area contributed by atoms with E-state index in [4.69, 9.17) is 4.42 Å². The summed E-state index contributed by atoms with van der Waals surface area (Å²) in [4.78, 5) is 8.65. The van der Waals surface area contributed by atoms with E-state index in [0.29, 0.717) is 24.6 Å². The highest BCUT2D eigenvalue weighted by Crippen LogP contribution is 2.25. The van der Waals surface area contributed by atoms with Crippen LogP contribution < -0.4 is 10.6 Å². The maximum atomic E-state index is 13.4. The Kier molecular flexibility index (Phi) is 4.97. The Labute approximate surface area is 145 Å². The molecule has 3 aromatic rings. The molecule has 0 aliphatic carbocycles. The second-order valence-electron chi connectivity index (χ2n) is 5.64. The minimum atomic E-state index is -0.269. The van der Waals surface area contributed by atoms with Crippen LogP contribution in [0.4, 0.5) is 4.39 Å². The second kappa shape index (κ2) is 7.33. The molecule has 7 nitrogen and oxygen atoms in total. The van der Waals surface area contributed by atoms with Gasteiger partial charge in [-0.2, -0.15) is 5.10 Å². The molecule has 0 spiro atoms. The number of hydrogen-bond donors (Lipinski definition) is 2. The van der Waals surface area contributed by atoms with Crippen LogP contribution in [0.15, 0.2) is 33.9 Å². The van der Waals surface area contributed by atoms with Gasteiger partial charge < -0.3 is 15.1 Å². The standard InChI is InChI=1S/C17H21FN6O/c1-4-19-17(21-9-16-22-10-23-24(16)3)20-8-15-11(2)13-7-12(18)5-6-14(13)25-15/h5-7,10H,4,8-9H2,1-3H3,(H2,19,20,21). The van der Waals surface area contributed by atoms with E-state index in [1.165, 1.54) is 18.5 Å². The van der Waals surface area contributed by atoms with Crippen LogP contribution in [0.2, 0.25) is 0 Å². The number of hydrogen-bond acceptors (Lipinski definition) is 4. The molecule has 2 heterocycles. The van der Waals surface area contributed by atoms with Crippen molar-refractivity contribution in [3.8, 4) is 0 Å². The average Bonchev–Trinajstić information content (AvgIpc) is 3.14. The number of aromatic nitrogens is 3. The van der Waals surface area contributed by atoms with E-state index in [1.807, 2.05) is 20.9 Å². The quantitative estimate of drug-likeness (QED) is 0.548. The lowest BCUT2D eigenvalue weighted by Crippen LogP contribution is -2.36. The Hall–Kier alpha value is -2.90. The van der Waals surface area contributed by atoms with Crippen LogP contribution in [-0.2, 0) is 20.1 Å². The van der Waals surface area contributed by atoms with Crippen LogP contribution in [0, 0.1) is 12.7 Å². The monoisotopic (exact) mass is 344 g/mol. The van der Waals surface area contributed by atoms with Gasteiger partial charge in [-0.15, -0.1) is 0 Å². The van der Waals surface area contributed by atoms with Gasteiger partial charge >= 0.3 is 0 Å². The number of furan rings is 1. The van der Waals surface area contributed by atoms with Gasteiger partial charge in [0.25, 0.3) is 0 Å². The predicted octanol–water partition coefficient (Wildman–Crippen LogP) is 2.26. The van der Waals surface area contributed by atoms with Gasteiger partial charge in [-0.3, -0.25) is 4.68 Å². The van der Waals surface area contributed by atoms with Crippen molar-refractivity contribution in [3.05, 3.63) is 47.5 Å². The van der Waals surface area contributed by atoms with Gasteiger partial charge in [-0.25, -0.2) is 14.4 Å². The van der Waals surface area contributed by atoms with Crippen LogP contribution in [0.25, 0.3) is 11.0 Å². The van der Waals surface area contributed by atoms with Crippen molar-refractivity contribution < 1.29 is 8.81 Å². The zero-order chi connectivity index (χ0) is 17.8. The highest BCUT2D eigenvalue weighted by atomic mass is 19.1. The summed E-state index contributed by atoms with van der Waals surface area (Å²) in [5.41, 5.74) is 1.60. The molecule has 2 N–H and O–H groups in total. The molecule has 25 heavy (non-hydrogen) atoms. The van der Waals surface area contributed by atoms with Gasteiger partial charge in [-0.05, 0) is 32.0 Å². The summed E-state index contributed by atoms with van der Waals surface area (Å²) >= 11 is 0. The van der Waals surface area contributed by atoms with E-state index < -0.39 is 0 Å². The molecular weight excluding hydrogens is 323 g/mol. The molecule has 0 radical (unpaired) electrons. The number of guanidine groups is 1. The largest absolute Gasteiger partial charge is 0.459 e. The lowest BCUT2D eigenvalue weighted by atomic mass is 10.1. The molecule has 8 heteroatoms. The first-order valence-corrected chi connectivity index (χ1v) is 8.11. The number of aliphatic imine (C=N–C) groups is 1. The second-order valence-corrected chi connectivity index (χ2v) is 5.64. The van der Waals surface area contributed by atoms with Gasteiger partial charge in [0.05, 0.1) is 6.54 Å². The van der Waals surface area contributed by atoms with E-state index in [1.54, 1.807) is 10.7 Å². The topological polar surface area (TPSA) is 80.3 Å². The van der Waals surface area contributed by atoms with Crippen molar-refractivity contribution in [3.63, 3.8) is 0 Å². The van der Waals surface area contributed by atoms with Gasteiger partial charge in [0.2, 0.25) is 0 Å². The van der Waals surface area contributed by atoms with E-state index in [-0.39, 0.29) is 5.82 Å². The van der Waals surface area contributed by atoms with Crippen molar-refractivity contribution in [2.24, 2.45) is 12.0 Å². The smallest absolute Gasteiger partial charge is 0.192 e. The van der Waals surface area contributed by atoms with Crippen molar-refractivity contribution >= 4 is 16.9 Å². The van der Waals surface area contributed by atoms with E-state index in [2.05, 4.69) is 25.7 Å². The first kappa shape index (κ1) is 16.9. The third-order valence-electron chi connectivity index (χ3n) is 3.94. The summed E-state index contributed by atoms with van der Waals surface area (Å²) in [6.45, 7) is 5.51. The fourth-order valence-corrected chi connectivity index (χ4v) is 2.53. The number of benzene rings is 1. The molecule has 0 aliphatic heterocycles. The zero-order valence-electron chi connectivity index (χ0n) is 14.5. The highest BCUT2D eigenvalue weighted by molar-refractivity contribution is 5.83. The van der Waals surface area contributed by atoms with Gasteiger partial charge in [-0.1, -0.05) is 0 Å². The van der Waals surface area contributed by atoms with Gasteiger partial charge in [0, 0.05) is 24.5 Å². The van der Waals surface area contributed by atoms with Crippen LogP contribution >= 0.6 is 0 Å². The molecule has 0 amide bonds. The van der Waals surface area contributed by atoms with E-state index in [0.717, 1.165) is 29.1 Å². The molecule has 0 fully saturated rings. The molecule has 0 saturated heterocycles. The molecule has 0 saturated carbocycles. The van der Waals surface area contributed by atoms with Crippen LogP contribution in [0.1, 0.15) is 24.1 Å². The van der Waals surface area contributed by atoms with Crippen LogP contribution in [-0.4, -0.2) is 27.3 Å². The van der Waals surface area contributed by atoms with E-state index >= 15 is 0 Å². The number of rotatable bonds is 5. The molecule has 0 atom stereocenters. The Morgan fingerprint density at radius 1 is 1.36 bits per heavy atom. The highest BCUT2D eigenvalue weighted by Gasteiger charge is 2.11. The molecule has 0 unspecified atom stereocenters. The maximum Gasteiger partial charge on any atom is 0.192 e. The molecular formula is C17H21FN6O. The minimum Gasteiger partial charge on any atom is -0.459 e. The molecule has 0 bridgehead atoms. The molecule has 132 valence electrons. The van der Waals surface area contributed by atoms with Gasteiger partial charge in [0.1, 0.15) is 35.9 Å². The molecule has 2 aromatic heterocycles. The zero-order valence-corrected chi connectivity index (χ0v) is 14.5. The van der Waals surface area contributed by atoms with Crippen molar-refractivity contribution in [2.75, 3.05) is 6.54 Å². The Bertz CT molecular complexity index is 898.